The molecule has 0 saturated carbocycles. The van der Waals surface area contributed by atoms with Crippen LogP contribution in [0.3, 0.4) is 0 Å². The SMILES string of the molecule is CC/C=C\C/C=C\C/C=C\C/C=C\C/C=C\CCCCCCCCCCCCCCCCCCCCCCCCCC(=O)NC(COC1OC(CO)C(O)C(O)C1O)C(O)/C=C/CC/C=C/CC/C=C/CCCCCCCCCCC. The lowest BCUT2D eigenvalue weighted by Crippen LogP contribution is -2.60. The van der Waals surface area contributed by atoms with Gasteiger partial charge in [0.05, 0.1) is 25.4 Å². The van der Waals surface area contributed by atoms with Gasteiger partial charge in [0, 0.05) is 6.42 Å². The molecule has 0 bridgehead atoms. The summed E-state index contributed by atoms with van der Waals surface area (Å²) in [5.41, 5.74) is 0. The van der Waals surface area contributed by atoms with Crippen LogP contribution in [-0.4, -0.2) is 87.5 Å². The van der Waals surface area contributed by atoms with Gasteiger partial charge in [-0.3, -0.25) is 4.79 Å². The zero-order valence-corrected chi connectivity index (χ0v) is 52.3. The molecule has 0 spiro atoms. The van der Waals surface area contributed by atoms with E-state index in [1.807, 2.05) is 6.08 Å². The quantitative estimate of drug-likeness (QED) is 0.0261. The summed E-state index contributed by atoms with van der Waals surface area (Å²) >= 11 is 0. The number of hydrogen-bond acceptors (Lipinski definition) is 8. The second kappa shape index (κ2) is 60.2. The molecule has 1 rings (SSSR count). The number of amides is 1. The smallest absolute Gasteiger partial charge is 0.220 e. The number of carbonyl (C=O) groups is 1. The Morgan fingerprint density at radius 1 is 0.432 bits per heavy atom. The van der Waals surface area contributed by atoms with Crippen LogP contribution in [0.5, 0.6) is 0 Å². The van der Waals surface area contributed by atoms with Crippen molar-refractivity contribution in [3.63, 3.8) is 0 Å². The molecule has 1 saturated heterocycles. The Bertz CT molecular complexity index is 1600. The van der Waals surface area contributed by atoms with Gasteiger partial charge >= 0.3 is 0 Å². The average molecular weight is 1130 g/mol. The molecule has 0 aliphatic carbocycles. The third kappa shape index (κ3) is 49.1. The predicted molar refractivity (Wildman–Crippen MR) is 345 cm³/mol. The van der Waals surface area contributed by atoms with Gasteiger partial charge in [-0.1, -0.05) is 297 Å². The van der Waals surface area contributed by atoms with Crippen molar-refractivity contribution >= 4 is 5.91 Å². The number of allylic oxidation sites excluding steroid dienone is 15. The first-order valence-corrected chi connectivity index (χ1v) is 34.0. The first kappa shape index (κ1) is 76.1. The van der Waals surface area contributed by atoms with E-state index in [9.17, 15) is 30.3 Å². The third-order valence-electron chi connectivity index (χ3n) is 15.6. The van der Waals surface area contributed by atoms with Crippen molar-refractivity contribution in [1.82, 2.24) is 5.32 Å². The fourth-order valence-corrected chi connectivity index (χ4v) is 10.3. The Balaban J connectivity index is 2.10. The second-order valence-electron chi connectivity index (χ2n) is 23.2. The van der Waals surface area contributed by atoms with Crippen LogP contribution in [0.15, 0.2) is 97.2 Å². The number of hydrogen-bond donors (Lipinski definition) is 6. The summed E-state index contributed by atoms with van der Waals surface area (Å²) in [6, 6.07) is -0.831. The Morgan fingerprint density at radius 3 is 1.19 bits per heavy atom. The van der Waals surface area contributed by atoms with Gasteiger partial charge in [0.15, 0.2) is 6.29 Å². The van der Waals surface area contributed by atoms with E-state index >= 15 is 0 Å². The molecule has 1 fully saturated rings. The van der Waals surface area contributed by atoms with E-state index in [0.717, 1.165) is 77.0 Å². The van der Waals surface area contributed by atoms with Gasteiger partial charge in [-0.15, -0.1) is 0 Å². The van der Waals surface area contributed by atoms with Crippen LogP contribution in [0.4, 0.5) is 0 Å². The molecule has 9 nitrogen and oxygen atoms in total. The van der Waals surface area contributed by atoms with Crippen LogP contribution in [-0.2, 0) is 14.3 Å². The van der Waals surface area contributed by atoms with Crippen molar-refractivity contribution in [2.75, 3.05) is 13.2 Å². The molecule has 1 aliphatic rings. The zero-order valence-electron chi connectivity index (χ0n) is 52.3. The number of aliphatic hydroxyl groups excluding tert-OH is 5. The number of carbonyl (C=O) groups excluding carboxylic acids is 1. The van der Waals surface area contributed by atoms with Crippen LogP contribution < -0.4 is 5.32 Å². The number of aliphatic hydroxyl groups is 5. The fourth-order valence-electron chi connectivity index (χ4n) is 10.3. The van der Waals surface area contributed by atoms with Crippen molar-refractivity contribution in [2.45, 2.75) is 339 Å². The highest BCUT2D eigenvalue weighted by Gasteiger charge is 2.44. The highest BCUT2D eigenvalue weighted by Crippen LogP contribution is 2.23. The highest BCUT2D eigenvalue weighted by atomic mass is 16.7. The molecule has 81 heavy (non-hydrogen) atoms. The minimum absolute atomic E-state index is 0.188. The standard InChI is InChI=1S/C72H127NO8/c1-3-5-7-9-11-13-15-17-19-21-23-24-25-26-27-28-29-30-31-32-33-34-35-36-37-38-39-40-41-42-44-46-48-50-52-54-56-58-60-62-68(76)73-65(64-80-72-71(79)70(78)69(77)67(63-74)81-72)66(75)61-59-57-55-53-51-49-47-45-43-22-20-18-16-14-12-10-8-6-4-2/h5,7,11,13,17,19,23-24,26-27,43,45,51,53,59,61,65-67,69-72,74-75,77-79H,3-4,6,8-10,12,14-16,18,20-22,25,28-42,44,46-50,52,54-58,60,62-64H2,1-2H3,(H,73,76)/b7-5-,13-11-,19-17-,24-23-,27-26-,45-43+,53-51+,61-59+. The molecule has 7 atom stereocenters. The van der Waals surface area contributed by atoms with E-state index in [1.54, 1.807) is 6.08 Å². The van der Waals surface area contributed by atoms with Gasteiger partial charge in [0.1, 0.15) is 24.4 Å². The minimum atomic E-state index is -1.58. The van der Waals surface area contributed by atoms with E-state index in [4.69, 9.17) is 9.47 Å². The first-order valence-electron chi connectivity index (χ1n) is 34.0. The van der Waals surface area contributed by atoms with Crippen molar-refractivity contribution < 1.29 is 39.8 Å². The summed E-state index contributed by atoms with van der Waals surface area (Å²) in [5, 5.41) is 54.6. The molecule has 6 N–H and O–H groups in total. The van der Waals surface area contributed by atoms with Crippen LogP contribution in [0.25, 0.3) is 0 Å². The number of rotatable bonds is 58. The van der Waals surface area contributed by atoms with Gasteiger partial charge in [-0.05, 0) is 89.9 Å². The Hall–Kier alpha value is -2.89. The van der Waals surface area contributed by atoms with Gasteiger partial charge in [-0.25, -0.2) is 0 Å². The molecule has 1 amide bonds. The van der Waals surface area contributed by atoms with E-state index in [1.165, 1.54) is 199 Å². The molecular weight excluding hydrogens is 1010 g/mol. The zero-order chi connectivity index (χ0) is 58.6. The van der Waals surface area contributed by atoms with E-state index in [2.05, 4.69) is 104 Å². The first-order chi connectivity index (χ1) is 39.8. The van der Waals surface area contributed by atoms with E-state index < -0.39 is 49.5 Å². The Morgan fingerprint density at radius 2 is 0.778 bits per heavy atom. The molecule has 0 radical (unpaired) electrons. The molecule has 1 aliphatic heterocycles. The van der Waals surface area contributed by atoms with E-state index in [-0.39, 0.29) is 12.5 Å². The van der Waals surface area contributed by atoms with Crippen LogP contribution in [0.2, 0.25) is 0 Å². The largest absolute Gasteiger partial charge is 0.394 e. The number of ether oxygens (including phenoxy) is 2. The highest BCUT2D eigenvalue weighted by molar-refractivity contribution is 5.76. The topological polar surface area (TPSA) is 149 Å². The van der Waals surface area contributed by atoms with Gasteiger partial charge in [0.25, 0.3) is 0 Å². The maximum atomic E-state index is 13.1. The Labute approximate surface area is 498 Å². The minimum Gasteiger partial charge on any atom is -0.394 e. The van der Waals surface area contributed by atoms with Crippen molar-refractivity contribution in [3.05, 3.63) is 97.2 Å². The normalized spacial score (nSPS) is 19.0. The third-order valence-corrected chi connectivity index (χ3v) is 15.6. The molecule has 468 valence electrons. The maximum absolute atomic E-state index is 13.1. The van der Waals surface area contributed by atoms with Gasteiger partial charge in [-0.2, -0.15) is 0 Å². The van der Waals surface area contributed by atoms with Crippen LogP contribution in [0, 0.1) is 0 Å². The summed E-state index contributed by atoms with van der Waals surface area (Å²) in [6.45, 7) is 3.66. The fraction of sp³-hybridized carbons (Fsp3) is 0.764. The molecule has 9 heteroatoms. The lowest BCUT2D eigenvalue weighted by atomic mass is 9.99. The molecule has 0 aromatic rings. The molecule has 0 aromatic carbocycles. The van der Waals surface area contributed by atoms with Crippen molar-refractivity contribution in [3.8, 4) is 0 Å². The van der Waals surface area contributed by atoms with Crippen molar-refractivity contribution in [1.29, 1.82) is 0 Å². The monoisotopic (exact) mass is 1130 g/mol. The molecule has 0 aromatic heterocycles. The summed E-state index contributed by atoms with van der Waals surface area (Å²) in [4.78, 5) is 13.1. The molecule has 7 unspecified atom stereocenters. The van der Waals surface area contributed by atoms with Gasteiger partial charge < -0.3 is 40.3 Å². The molecular formula is C72H127NO8. The molecule has 1 heterocycles. The number of nitrogens with one attached hydrogen (secondary N) is 1. The predicted octanol–water partition coefficient (Wildman–Crippen LogP) is 18.3. The lowest BCUT2D eigenvalue weighted by molar-refractivity contribution is -0.302. The van der Waals surface area contributed by atoms with Crippen LogP contribution >= 0.6 is 0 Å². The summed E-state index contributed by atoms with van der Waals surface area (Å²) in [6.07, 6.45) is 80.9. The number of unbranched alkanes of at least 4 members (excludes halogenated alkanes) is 34. The average Bonchev–Trinajstić information content (AvgIpc) is 3.48. The Kier molecular flexibility index (Phi) is 56.6. The van der Waals surface area contributed by atoms with Gasteiger partial charge in [0.2, 0.25) is 5.91 Å². The van der Waals surface area contributed by atoms with E-state index in [0.29, 0.717) is 6.42 Å². The summed E-state index contributed by atoms with van der Waals surface area (Å²) in [7, 11) is 0. The second-order valence-corrected chi connectivity index (χ2v) is 23.2. The summed E-state index contributed by atoms with van der Waals surface area (Å²) < 4.78 is 11.3. The summed E-state index contributed by atoms with van der Waals surface area (Å²) in [5.74, 6) is -0.188. The lowest BCUT2D eigenvalue weighted by Gasteiger charge is -2.40. The van der Waals surface area contributed by atoms with Crippen molar-refractivity contribution in [2.24, 2.45) is 0 Å². The van der Waals surface area contributed by atoms with Crippen LogP contribution in [0.1, 0.15) is 296 Å². The maximum Gasteiger partial charge on any atom is 0.220 e.